The number of nitrogens with zero attached hydrogens (tertiary/aromatic N) is 2. The molecule has 0 bridgehead atoms. The summed E-state index contributed by atoms with van der Waals surface area (Å²) in [6.45, 7) is 11.3. The van der Waals surface area contributed by atoms with Gasteiger partial charge in [-0.2, -0.15) is 0 Å². The van der Waals surface area contributed by atoms with Gasteiger partial charge in [-0.1, -0.05) is 13.8 Å². The Kier molecular flexibility index (Phi) is 6.72. The van der Waals surface area contributed by atoms with Crippen LogP contribution in [0.25, 0.3) is 0 Å². The third kappa shape index (κ3) is 7.34. The summed E-state index contributed by atoms with van der Waals surface area (Å²) in [6.07, 6.45) is 0. The molecule has 0 rings (SSSR count). The van der Waals surface area contributed by atoms with Crippen LogP contribution in [0.1, 0.15) is 27.7 Å². The molecule has 0 spiro atoms. The summed E-state index contributed by atoms with van der Waals surface area (Å²) in [5.74, 6) is -0.169. The van der Waals surface area contributed by atoms with Crippen molar-refractivity contribution in [3.05, 3.63) is 0 Å². The van der Waals surface area contributed by atoms with Crippen LogP contribution < -0.4 is 0 Å². The molecule has 0 saturated carbocycles. The van der Waals surface area contributed by atoms with Crippen molar-refractivity contribution in [2.45, 2.75) is 27.7 Å². The van der Waals surface area contributed by atoms with Crippen molar-refractivity contribution >= 4 is 5.97 Å². The van der Waals surface area contributed by atoms with Gasteiger partial charge in [-0.25, -0.2) is 0 Å². The molecular weight excluding hydrogens is 216 g/mol. The molecule has 0 heterocycles. The fourth-order valence-electron chi connectivity index (χ4n) is 1.72. The summed E-state index contributed by atoms with van der Waals surface area (Å²) in [5.41, 5.74) is -0.679. The summed E-state index contributed by atoms with van der Waals surface area (Å²) in [7, 11) is 4.08. The first-order valence-corrected chi connectivity index (χ1v) is 6.25. The van der Waals surface area contributed by atoms with Crippen molar-refractivity contribution in [3.8, 4) is 0 Å². The summed E-state index contributed by atoms with van der Waals surface area (Å²) in [5, 5.41) is 9.16. The maximum Gasteiger partial charge on any atom is 0.310 e. The Morgan fingerprint density at radius 1 is 1.24 bits per heavy atom. The van der Waals surface area contributed by atoms with Crippen LogP contribution >= 0.6 is 0 Å². The van der Waals surface area contributed by atoms with Gasteiger partial charge in [-0.3, -0.25) is 4.79 Å². The van der Waals surface area contributed by atoms with Crippen LogP contribution in [0, 0.1) is 11.3 Å². The first kappa shape index (κ1) is 16.4. The number of rotatable bonds is 8. The number of hydrogen-bond donors (Lipinski definition) is 1. The Bertz CT molecular complexity index is 238. The van der Waals surface area contributed by atoms with E-state index in [1.54, 1.807) is 13.8 Å². The van der Waals surface area contributed by atoms with Crippen molar-refractivity contribution in [2.24, 2.45) is 11.3 Å². The highest BCUT2D eigenvalue weighted by Gasteiger charge is 2.29. The van der Waals surface area contributed by atoms with E-state index in [2.05, 4.69) is 23.6 Å². The molecule has 4 nitrogen and oxygen atoms in total. The number of carboxylic acid groups (broad SMARTS) is 1. The van der Waals surface area contributed by atoms with Crippen LogP contribution in [0.3, 0.4) is 0 Å². The zero-order valence-corrected chi connectivity index (χ0v) is 12.2. The van der Waals surface area contributed by atoms with E-state index in [0.717, 1.165) is 19.6 Å². The second-order valence-corrected chi connectivity index (χ2v) is 6.12. The summed E-state index contributed by atoms with van der Waals surface area (Å²) in [6, 6.07) is 0. The Balaban J connectivity index is 4.42. The van der Waals surface area contributed by atoms with Crippen molar-refractivity contribution in [1.29, 1.82) is 0 Å². The van der Waals surface area contributed by atoms with Gasteiger partial charge in [0.1, 0.15) is 0 Å². The van der Waals surface area contributed by atoms with E-state index in [1.165, 1.54) is 0 Å². The van der Waals surface area contributed by atoms with E-state index in [9.17, 15) is 4.79 Å². The van der Waals surface area contributed by atoms with E-state index in [-0.39, 0.29) is 0 Å². The van der Waals surface area contributed by atoms with Crippen LogP contribution in [-0.4, -0.2) is 61.2 Å². The first-order valence-electron chi connectivity index (χ1n) is 6.25. The zero-order chi connectivity index (χ0) is 13.6. The Morgan fingerprint density at radius 2 is 1.76 bits per heavy atom. The molecule has 102 valence electrons. The van der Waals surface area contributed by atoms with Gasteiger partial charge in [-0.05, 0) is 33.9 Å². The van der Waals surface area contributed by atoms with Crippen LogP contribution in [-0.2, 0) is 4.79 Å². The van der Waals surface area contributed by atoms with Gasteiger partial charge in [0, 0.05) is 26.2 Å². The lowest BCUT2D eigenvalue weighted by atomic mass is 9.92. The zero-order valence-electron chi connectivity index (χ0n) is 12.2. The Labute approximate surface area is 106 Å². The maximum atomic E-state index is 11.1. The van der Waals surface area contributed by atoms with Crippen LogP contribution in [0.5, 0.6) is 0 Å². The lowest BCUT2D eigenvalue weighted by molar-refractivity contribution is -0.148. The summed E-state index contributed by atoms with van der Waals surface area (Å²) in [4.78, 5) is 15.5. The molecule has 4 heteroatoms. The predicted molar refractivity (Wildman–Crippen MR) is 71.2 cm³/mol. The lowest BCUT2D eigenvalue weighted by Gasteiger charge is -2.31. The number of carbonyl (C=O) groups is 1. The number of aliphatic carboxylic acids is 1. The van der Waals surface area contributed by atoms with Crippen LogP contribution in [0.15, 0.2) is 0 Å². The minimum atomic E-state index is -0.726. The third-order valence-corrected chi connectivity index (χ3v) is 2.68. The summed E-state index contributed by atoms with van der Waals surface area (Å²) < 4.78 is 0. The molecule has 17 heavy (non-hydrogen) atoms. The average Bonchev–Trinajstić information content (AvgIpc) is 2.12. The number of likely N-dealkylation sites (N-methyl/N-ethyl adjacent to an activating group) is 1. The van der Waals surface area contributed by atoms with Crippen molar-refractivity contribution < 1.29 is 9.90 Å². The SMILES string of the molecule is CC(C)CN(CCN(C)C)CC(C)(C)C(=O)O. The molecule has 0 amide bonds. The topological polar surface area (TPSA) is 43.8 Å². The normalized spacial score (nSPS) is 12.8. The van der Waals surface area contributed by atoms with Crippen molar-refractivity contribution in [3.63, 3.8) is 0 Å². The predicted octanol–water partition coefficient (Wildman–Crippen LogP) is 1.62. The Morgan fingerprint density at radius 3 is 2.12 bits per heavy atom. The van der Waals surface area contributed by atoms with Crippen molar-refractivity contribution in [1.82, 2.24) is 9.80 Å². The monoisotopic (exact) mass is 244 g/mol. The minimum Gasteiger partial charge on any atom is -0.481 e. The molecule has 0 aromatic heterocycles. The third-order valence-electron chi connectivity index (χ3n) is 2.68. The highest BCUT2D eigenvalue weighted by Crippen LogP contribution is 2.17. The van der Waals surface area contributed by atoms with Gasteiger partial charge in [0.15, 0.2) is 0 Å². The second kappa shape index (κ2) is 6.97. The van der Waals surface area contributed by atoms with Crippen LogP contribution in [0.2, 0.25) is 0 Å². The van der Waals surface area contributed by atoms with Gasteiger partial charge in [0.05, 0.1) is 5.41 Å². The molecule has 0 aliphatic rings. The first-order chi connectivity index (χ1) is 7.65. The molecule has 0 aromatic carbocycles. The average molecular weight is 244 g/mol. The van der Waals surface area contributed by atoms with Crippen molar-refractivity contribution in [2.75, 3.05) is 40.3 Å². The molecule has 0 aliphatic carbocycles. The smallest absolute Gasteiger partial charge is 0.310 e. The molecule has 0 fully saturated rings. The van der Waals surface area contributed by atoms with Gasteiger partial charge in [-0.15, -0.1) is 0 Å². The van der Waals surface area contributed by atoms with Gasteiger partial charge in [0.2, 0.25) is 0 Å². The molecule has 0 atom stereocenters. The van der Waals surface area contributed by atoms with Crippen LogP contribution in [0.4, 0.5) is 0 Å². The lowest BCUT2D eigenvalue weighted by Crippen LogP contribution is -2.43. The van der Waals surface area contributed by atoms with E-state index < -0.39 is 11.4 Å². The number of carboxylic acids is 1. The van der Waals surface area contributed by atoms with E-state index in [0.29, 0.717) is 12.5 Å². The standard InChI is InChI=1S/C13H28N2O2/c1-11(2)9-15(8-7-14(5)6)10-13(3,4)12(16)17/h11H,7-10H2,1-6H3,(H,16,17). The second-order valence-electron chi connectivity index (χ2n) is 6.12. The highest BCUT2D eigenvalue weighted by atomic mass is 16.4. The minimum absolute atomic E-state index is 0.557. The molecule has 0 aliphatic heterocycles. The van der Waals surface area contributed by atoms with E-state index in [4.69, 9.17) is 5.11 Å². The molecule has 0 aromatic rings. The number of hydrogen-bond acceptors (Lipinski definition) is 3. The molecule has 0 saturated heterocycles. The molecular formula is C13H28N2O2. The van der Waals surface area contributed by atoms with Gasteiger partial charge >= 0.3 is 5.97 Å². The molecule has 0 radical (unpaired) electrons. The van der Waals surface area contributed by atoms with E-state index in [1.807, 2.05) is 14.1 Å². The largest absolute Gasteiger partial charge is 0.481 e. The molecule has 1 N–H and O–H groups in total. The fraction of sp³-hybridized carbons (Fsp3) is 0.923. The quantitative estimate of drug-likeness (QED) is 0.704. The fourth-order valence-corrected chi connectivity index (χ4v) is 1.72. The van der Waals surface area contributed by atoms with Gasteiger partial charge < -0.3 is 14.9 Å². The Hall–Kier alpha value is -0.610. The van der Waals surface area contributed by atoms with Gasteiger partial charge in [0.25, 0.3) is 0 Å². The van der Waals surface area contributed by atoms with E-state index >= 15 is 0 Å². The summed E-state index contributed by atoms with van der Waals surface area (Å²) >= 11 is 0. The highest BCUT2D eigenvalue weighted by molar-refractivity contribution is 5.73. The molecule has 0 unspecified atom stereocenters. The maximum absolute atomic E-state index is 11.1.